The molecule has 0 radical (unpaired) electrons. The third-order valence-corrected chi connectivity index (χ3v) is 3.57. The Bertz CT molecular complexity index is 290. The Morgan fingerprint density at radius 1 is 1.50 bits per heavy atom. The lowest BCUT2D eigenvalue weighted by Crippen LogP contribution is -2.50. The molecule has 1 aliphatic carbocycles. The molecule has 2 bridgehead atoms. The van der Waals surface area contributed by atoms with Crippen molar-refractivity contribution in [2.75, 3.05) is 13.1 Å². The van der Waals surface area contributed by atoms with Crippen molar-refractivity contribution in [1.29, 1.82) is 0 Å². The van der Waals surface area contributed by atoms with Gasteiger partial charge < -0.3 is 15.4 Å². The fourth-order valence-corrected chi connectivity index (χ4v) is 3.01. The van der Waals surface area contributed by atoms with Crippen molar-refractivity contribution >= 4 is 6.09 Å². The van der Waals surface area contributed by atoms with Crippen LogP contribution in [0.4, 0.5) is 4.79 Å². The molecule has 0 unspecified atom stereocenters. The Morgan fingerprint density at radius 2 is 2.12 bits per heavy atom. The van der Waals surface area contributed by atoms with Gasteiger partial charge in [-0.2, -0.15) is 0 Å². The van der Waals surface area contributed by atoms with E-state index < -0.39 is 5.60 Å². The predicted octanol–water partition coefficient (Wildman–Crippen LogP) is 1.73. The van der Waals surface area contributed by atoms with Crippen LogP contribution in [0.3, 0.4) is 0 Å². The average Bonchev–Trinajstić information content (AvgIpc) is 2.54. The number of hydrogen-bond donors (Lipinski definition) is 1. The van der Waals surface area contributed by atoms with Gasteiger partial charge in [0, 0.05) is 12.1 Å². The summed E-state index contributed by atoms with van der Waals surface area (Å²) in [6.45, 7) is 7.21. The number of ether oxygens (including phenoxy) is 1. The van der Waals surface area contributed by atoms with Crippen LogP contribution < -0.4 is 5.73 Å². The number of carbonyl (C=O) groups is 1. The zero-order chi connectivity index (χ0) is 12.0. The van der Waals surface area contributed by atoms with Crippen LogP contribution in [-0.2, 0) is 4.74 Å². The molecule has 2 aliphatic heterocycles. The summed E-state index contributed by atoms with van der Waals surface area (Å²) in [6.07, 6.45) is 2.97. The smallest absolute Gasteiger partial charge is 0.410 e. The normalized spacial score (nSPS) is 32.5. The van der Waals surface area contributed by atoms with Gasteiger partial charge in [0.2, 0.25) is 0 Å². The lowest BCUT2D eigenvalue weighted by Gasteiger charge is -2.42. The molecule has 2 saturated heterocycles. The van der Waals surface area contributed by atoms with E-state index in [-0.39, 0.29) is 11.6 Å². The van der Waals surface area contributed by atoms with Gasteiger partial charge in [-0.05, 0) is 52.5 Å². The van der Waals surface area contributed by atoms with Crippen LogP contribution in [0, 0.1) is 5.92 Å². The fourth-order valence-electron chi connectivity index (χ4n) is 3.01. The molecule has 2 N–H and O–H groups in total. The van der Waals surface area contributed by atoms with Gasteiger partial charge in [0.1, 0.15) is 5.60 Å². The van der Waals surface area contributed by atoms with Gasteiger partial charge in [-0.25, -0.2) is 4.79 Å². The molecule has 0 aromatic carbocycles. The van der Waals surface area contributed by atoms with Crippen molar-refractivity contribution < 1.29 is 9.53 Å². The monoisotopic (exact) mass is 226 g/mol. The summed E-state index contributed by atoms with van der Waals surface area (Å²) in [5, 5.41) is 0. The molecule has 16 heavy (non-hydrogen) atoms. The molecule has 4 nitrogen and oxygen atoms in total. The molecule has 0 aromatic heterocycles. The number of fused-ring (bicyclic) bond motifs is 1. The van der Waals surface area contributed by atoms with Crippen LogP contribution in [0.25, 0.3) is 0 Å². The first-order valence-electron chi connectivity index (χ1n) is 6.07. The minimum atomic E-state index is -0.409. The lowest BCUT2D eigenvalue weighted by molar-refractivity contribution is 0.00564. The largest absolute Gasteiger partial charge is 0.444 e. The highest BCUT2D eigenvalue weighted by Gasteiger charge is 2.57. The molecular formula is C12H22N2O2. The summed E-state index contributed by atoms with van der Waals surface area (Å²) < 4.78 is 5.44. The van der Waals surface area contributed by atoms with Gasteiger partial charge in [-0.1, -0.05) is 0 Å². The minimum Gasteiger partial charge on any atom is -0.444 e. The van der Waals surface area contributed by atoms with Crippen molar-refractivity contribution in [3.05, 3.63) is 0 Å². The summed E-state index contributed by atoms with van der Waals surface area (Å²) in [7, 11) is 0. The highest BCUT2D eigenvalue weighted by molar-refractivity contribution is 5.70. The van der Waals surface area contributed by atoms with Gasteiger partial charge in [-0.3, -0.25) is 0 Å². The first kappa shape index (κ1) is 11.7. The minimum absolute atomic E-state index is 0.0295. The number of amides is 1. The van der Waals surface area contributed by atoms with Crippen molar-refractivity contribution in [3.8, 4) is 0 Å². The molecule has 0 aromatic rings. The first-order chi connectivity index (χ1) is 7.36. The Kier molecular flexibility index (Phi) is 2.65. The van der Waals surface area contributed by atoms with Crippen molar-refractivity contribution in [2.24, 2.45) is 11.7 Å². The van der Waals surface area contributed by atoms with Crippen LogP contribution in [0.5, 0.6) is 0 Å². The molecule has 0 spiro atoms. The van der Waals surface area contributed by atoms with Gasteiger partial charge in [-0.15, -0.1) is 0 Å². The van der Waals surface area contributed by atoms with E-state index in [1.54, 1.807) is 0 Å². The third kappa shape index (κ3) is 1.90. The number of rotatable bonds is 2. The Hall–Kier alpha value is -0.770. The quantitative estimate of drug-likeness (QED) is 0.780. The topological polar surface area (TPSA) is 55.6 Å². The maximum absolute atomic E-state index is 12.0. The third-order valence-electron chi connectivity index (χ3n) is 3.57. The highest BCUT2D eigenvalue weighted by Crippen LogP contribution is 2.52. The standard InChI is InChI=1S/C12H22N2O2/c1-11(2,3)16-10(15)14-8-9-6-12(14,7-9)4-5-13/h9H,4-8,13H2,1-3H3. The van der Waals surface area contributed by atoms with E-state index in [1.165, 1.54) is 0 Å². The molecule has 4 heteroatoms. The van der Waals surface area contributed by atoms with Crippen LogP contribution in [0.1, 0.15) is 40.0 Å². The van der Waals surface area contributed by atoms with Crippen molar-refractivity contribution in [3.63, 3.8) is 0 Å². The fraction of sp³-hybridized carbons (Fsp3) is 0.917. The number of carbonyl (C=O) groups excluding carboxylic acids is 1. The average molecular weight is 226 g/mol. The Balaban J connectivity index is 2.02. The molecule has 3 rings (SSSR count). The van der Waals surface area contributed by atoms with Gasteiger partial charge in [0.15, 0.2) is 0 Å². The molecule has 2 heterocycles. The zero-order valence-electron chi connectivity index (χ0n) is 10.5. The molecule has 0 atom stereocenters. The molecule has 92 valence electrons. The van der Waals surface area contributed by atoms with E-state index in [4.69, 9.17) is 10.5 Å². The zero-order valence-corrected chi connectivity index (χ0v) is 10.5. The summed E-state index contributed by atoms with van der Waals surface area (Å²) in [5.74, 6) is 0.680. The Morgan fingerprint density at radius 3 is 2.62 bits per heavy atom. The summed E-state index contributed by atoms with van der Waals surface area (Å²) in [6, 6.07) is 0. The number of nitrogens with two attached hydrogens (primary N) is 1. The summed E-state index contributed by atoms with van der Waals surface area (Å²) in [4.78, 5) is 14.0. The van der Waals surface area contributed by atoms with E-state index in [0.717, 1.165) is 25.8 Å². The van der Waals surface area contributed by atoms with Crippen LogP contribution in [-0.4, -0.2) is 35.2 Å². The molecule has 1 saturated carbocycles. The van der Waals surface area contributed by atoms with E-state index in [9.17, 15) is 4.79 Å². The van der Waals surface area contributed by atoms with E-state index >= 15 is 0 Å². The second kappa shape index (κ2) is 3.62. The molecule has 3 aliphatic rings. The lowest BCUT2D eigenvalue weighted by atomic mass is 9.71. The molecule has 3 fully saturated rings. The number of nitrogens with zero attached hydrogens (tertiary/aromatic N) is 1. The maximum atomic E-state index is 12.0. The Labute approximate surface area is 97.1 Å². The summed E-state index contributed by atoms with van der Waals surface area (Å²) >= 11 is 0. The van der Waals surface area contributed by atoms with Crippen LogP contribution in [0.15, 0.2) is 0 Å². The number of hydrogen-bond acceptors (Lipinski definition) is 3. The van der Waals surface area contributed by atoms with Crippen LogP contribution in [0.2, 0.25) is 0 Å². The second-order valence-corrected chi connectivity index (χ2v) is 6.13. The van der Waals surface area contributed by atoms with E-state index in [0.29, 0.717) is 12.5 Å². The van der Waals surface area contributed by atoms with E-state index in [1.807, 2.05) is 25.7 Å². The first-order valence-corrected chi connectivity index (χ1v) is 6.07. The highest BCUT2D eigenvalue weighted by atomic mass is 16.6. The SMILES string of the molecule is CC(C)(C)OC(=O)N1CC2CC1(CCN)C2. The van der Waals surface area contributed by atoms with Crippen molar-refractivity contribution in [2.45, 2.75) is 51.2 Å². The van der Waals surface area contributed by atoms with E-state index in [2.05, 4.69) is 0 Å². The second-order valence-electron chi connectivity index (χ2n) is 6.13. The van der Waals surface area contributed by atoms with Gasteiger partial charge in [0.25, 0.3) is 0 Å². The van der Waals surface area contributed by atoms with Gasteiger partial charge in [0.05, 0.1) is 0 Å². The van der Waals surface area contributed by atoms with Gasteiger partial charge >= 0.3 is 6.09 Å². The van der Waals surface area contributed by atoms with Crippen molar-refractivity contribution in [1.82, 2.24) is 4.90 Å². The molecular weight excluding hydrogens is 204 g/mol. The van der Waals surface area contributed by atoms with Crippen LogP contribution >= 0.6 is 0 Å². The predicted molar refractivity (Wildman–Crippen MR) is 62.1 cm³/mol. The molecule has 1 amide bonds. The summed E-state index contributed by atoms with van der Waals surface area (Å²) in [5.41, 5.74) is 5.25. The maximum Gasteiger partial charge on any atom is 0.410 e.